The highest BCUT2D eigenvalue weighted by molar-refractivity contribution is 6.04. The summed E-state index contributed by atoms with van der Waals surface area (Å²) < 4.78 is 10.9. The van der Waals surface area contributed by atoms with E-state index in [0.717, 1.165) is 22.6 Å². The predicted molar refractivity (Wildman–Crippen MR) is 103 cm³/mol. The third-order valence-electron chi connectivity index (χ3n) is 4.05. The number of aryl methyl sites for hydroxylation is 2. The predicted octanol–water partition coefficient (Wildman–Crippen LogP) is 5.36. The number of carbonyl (C=O) groups excluding carboxylic acids is 1. The molecule has 26 heavy (non-hydrogen) atoms. The SMILES string of the molecule is COc1ccc(Oc2ccc(C(=O)Nc3cc(C)ccc3C)cc2)cc1. The molecule has 4 heteroatoms. The van der Waals surface area contributed by atoms with Gasteiger partial charge >= 0.3 is 0 Å². The van der Waals surface area contributed by atoms with E-state index < -0.39 is 0 Å². The van der Waals surface area contributed by atoms with Crippen LogP contribution in [0.3, 0.4) is 0 Å². The number of benzene rings is 3. The first kappa shape index (κ1) is 17.5. The van der Waals surface area contributed by atoms with Gasteiger partial charge in [-0.05, 0) is 79.6 Å². The Morgan fingerprint density at radius 1 is 0.808 bits per heavy atom. The van der Waals surface area contributed by atoms with Crippen molar-refractivity contribution in [3.63, 3.8) is 0 Å². The van der Waals surface area contributed by atoms with Gasteiger partial charge in [0.15, 0.2) is 0 Å². The molecule has 0 heterocycles. The highest BCUT2D eigenvalue weighted by Gasteiger charge is 2.08. The van der Waals surface area contributed by atoms with E-state index in [4.69, 9.17) is 9.47 Å². The number of carbonyl (C=O) groups is 1. The highest BCUT2D eigenvalue weighted by Crippen LogP contribution is 2.24. The van der Waals surface area contributed by atoms with Crippen molar-refractivity contribution in [2.45, 2.75) is 13.8 Å². The van der Waals surface area contributed by atoms with Gasteiger partial charge < -0.3 is 14.8 Å². The number of anilines is 1. The molecule has 0 atom stereocenters. The second-order valence-corrected chi connectivity index (χ2v) is 6.07. The molecular formula is C22H21NO3. The molecule has 0 bridgehead atoms. The maximum atomic E-state index is 12.5. The lowest BCUT2D eigenvalue weighted by Crippen LogP contribution is -2.12. The second kappa shape index (κ2) is 7.74. The summed E-state index contributed by atoms with van der Waals surface area (Å²) in [5, 5.41) is 2.96. The van der Waals surface area contributed by atoms with Gasteiger partial charge in [-0.2, -0.15) is 0 Å². The number of nitrogens with one attached hydrogen (secondary N) is 1. The third-order valence-corrected chi connectivity index (χ3v) is 4.05. The smallest absolute Gasteiger partial charge is 0.255 e. The molecule has 4 nitrogen and oxygen atoms in total. The first-order chi connectivity index (χ1) is 12.5. The molecule has 0 aliphatic heterocycles. The summed E-state index contributed by atoms with van der Waals surface area (Å²) in [7, 11) is 1.62. The Morgan fingerprint density at radius 2 is 1.38 bits per heavy atom. The van der Waals surface area contributed by atoms with E-state index in [0.29, 0.717) is 17.1 Å². The van der Waals surface area contributed by atoms with Crippen molar-refractivity contribution in [1.29, 1.82) is 0 Å². The summed E-state index contributed by atoms with van der Waals surface area (Å²) >= 11 is 0. The van der Waals surface area contributed by atoms with Crippen LogP contribution in [0.1, 0.15) is 21.5 Å². The van der Waals surface area contributed by atoms with Crippen LogP contribution < -0.4 is 14.8 Å². The number of ether oxygens (including phenoxy) is 2. The zero-order valence-corrected chi connectivity index (χ0v) is 15.1. The van der Waals surface area contributed by atoms with Gasteiger partial charge in [0.25, 0.3) is 5.91 Å². The van der Waals surface area contributed by atoms with Crippen LogP contribution in [0.25, 0.3) is 0 Å². The van der Waals surface area contributed by atoms with E-state index in [-0.39, 0.29) is 5.91 Å². The van der Waals surface area contributed by atoms with Gasteiger partial charge in [-0.25, -0.2) is 0 Å². The fourth-order valence-corrected chi connectivity index (χ4v) is 2.52. The lowest BCUT2D eigenvalue weighted by Gasteiger charge is -2.10. The average molecular weight is 347 g/mol. The van der Waals surface area contributed by atoms with Crippen LogP contribution in [-0.2, 0) is 0 Å². The summed E-state index contributed by atoms with van der Waals surface area (Å²) in [5.74, 6) is 2.00. The molecule has 0 unspecified atom stereocenters. The molecule has 0 aliphatic rings. The Bertz CT molecular complexity index is 900. The molecule has 0 aliphatic carbocycles. The normalized spacial score (nSPS) is 10.3. The maximum Gasteiger partial charge on any atom is 0.255 e. The Labute approximate surface area is 153 Å². The maximum absolute atomic E-state index is 12.5. The monoisotopic (exact) mass is 347 g/mol. The second-order valence-electron chi connectivity index (χ2n) is 6.07. The average Bonchev–Trinajstić information content (AvgIpc) is 2.66. The lowest BCUT2D eigenvalue weighted by atomic mass is 10.1. The molecule has 3 aromatic rings. The number of methoxy groups -OCH3 is 1. The number of rotatable bonds is 5. The van der Waals surface area contributed by atoms with Crippen molar-refractivity contribution in [3.8, 4) is 17.2 Å². The van der Waals surface area contributed by atoms with Crippen molar-refractivity contribution in [1.82, 2.24) is 0 Å². The minimum atomic E-state index is -0.144. The zero-order valence-electron chi connectivity index (χ0n) is 15.1. The molecule has 3 rings (SSSR count). The minimum Gasteiger partial charge on any atom is -0.497 e. The number of hydrogen-bond donors (Lipinski definition) is 1. The van der Waals surface area contributed by atoms with Crippen LogP contribution in [0.15, 0.2) is 66.7 Å². The van der Waals surface area contributed by atoms with Crippen LogP contribution >= 0.6 is 0 Å². The van der Waals surface area contributed by atoms with Gasteiger partial charge in [-0.3, -0.25) is 4.79 Å². The van der Waals surface area contributed by atoms with E-state index in [1.165, 1.54) is 0 Å². The van der Waals surface area contributed by atoms with Gasteiger partial charge in [-0.1, -0.05) is 12.1 Å². The molecule has 0 saturated heterocycles. The Hall–Kier alpha value is -3.27. The fraction of sp³-hybridized carbons (Fsp3) is 0.136. The molecule has 0 radical (unpaired) electrons. The van der Waals surface area contributed by atoms with Crippen molar-refractivity contribution >= 4 is 11.6 Å². The van der Waals surface area contributed by atoms with E-state index in [1.54, 1.807) is 31.4 Å². The molecule has 3 aromatic carbocycles. The molecule has 1 amide bonds. The first-order valence-corrected chi connectivity index (χ1v) is 8.36. The summed E-state index contributed by atoms with van der Waals surface area (Å²) in [4.78, 5) is 12.5. The summed E-state index contributed by atoms with van der Waals surface area (Å²) in [6.45, 7) is 3.97. The lowest BCUT2D eigenvalue weighted by molar-refractivity contribution is 0.102. The Kier molecular flexibility index (Phi) is 5.23. The summed E-state index contributed by atoms with van der Waals surface area (Å²) in [6, 6.07) is 20.4. The van der Waals surface area contributed by atoms with Crippen molar-refractivity contribution in [2.24, 2.45) is 0 Å². The van der Waals surface area contributed by atoms with Crippen molar-refractivity contribution in [3.05, 3.63) is 83.4 Å². The number of amides is 1. The van der Waals surface area contributed by atoms with Crippen molar-refractivity contribution in [2.75, 3.05) is 12.4 Å². The third kappa shape index (κ3) is 4.22. The first-order valence-electron chi connectivity index (χ1n) is 8.36. The molecule has 132 valence electrons. The van der Waals surface area contributed by atoms with E-state index in [2.05, 4.69) is 5.32 Å². The molecule has 0 fully saturated rings. The van der Waals surface area contributed by atoms with Crippen LogP contribution in [0, 0.1) is 13.8 Å². The quantitative estimate of drug-likeness (QED) is 0.676. The van der Waals surface area contributed by atoms with Gasteiger partial charge in [0, 0.05) is 11.3 Å². The van der Waals surface area contributed by atoms with Gasteiger partial charge in [0.05, 0.1) is 7.11 Å². The molecule has 0 aromatic heterocycles. The van der Waals surface area contributed by atoms with E-state index in [1.807, 2.05) is 56.3 Å². The Balaban J connectivity index is 1.68. The molecular weight excluding hydrogens is 326 g/mol. The van der Waals surface area contributed by atoms with E-state index in [9.17, 15) is 4.79 Å². The standard InChI is InChI=1S/C22H21NO3/c1-15-4-5-16(2)21(14-15)23-22(24)17-6-8-19(9-7-17)26-20-12-10-18(25-3)11-13-20/h4-14H,1-3H3,(H,23,24). The highest BCUT2D eigenvalue weighted by atomic mass is 16.5. The zero-order chi connectivity index (χ0) is 18.5. The van der Waals surface area contributed by atoms with Crippen LogP contribution in [0.4, 0.5) is 5.69 Å². The minimum absolute atomic E-state index is 0.144. The molecule has 1 N–H and O–H groups in total. The fourth-order valence-electron chi connectivity index (χ4n) is 2.52. The van der Waals surface area contributed by atoms with Crippen LogP contribution in [0.2, 0.25) is 0 Å². The Morgan fingerprint density at radius 3 is 2.00 bits per heavy atom. The van der Waals surface area contributed by atoms with Crippen molar-refractivity contribution < 1.29 is 14.3 Å². The largest absolute Gasteiger partial charge is 0.497 e. The van der Waals surface area contributed by atoms with Crippen LogP contribution in [0.5, 0.6) is 17.2 Å². The van der Waals surface area contributed by atoms with Gasteiger partial charge in [0.2, 0.25) is 0 Å². The topological polar surface area (TPSA) is 47.6 Å². The molecule has 0 spiro atoms. The summed E-state index contributed by atoms with van der Waals surface area (Å²) in [6.07, 6.45) is 0. The summed E-state index contributed by atoms with van der Waals surface area (Å²) in [5.41, 5.74) is 3.54. The van der Waals surface area contributed by atoms with Gasteiger partial charge in [-0.15, -0.1) is 0 Å². The van der Waals surface area contributed by atoms with Crippen LogP contribution in [-0.4, -0.2) is 13.0 Å². The molecule has 0 saturated carbocycles. The van der Waals surface area contributed by atoms with Gasteiger partial charge in [0.1, 0.15) is 17.2 Å². The number of hydrogen-bond acceptors (Lipinski definition) is 3. The van der Waals surface area contributed by atoms with E-state index >= 15 is 0 Å².